The number of aliphatic hydroxyl groups is 2. The van der Waals surface area contributed by atoms with E-state index in [4.69, 9.17) is 21.8 Å². The number of alkyl halides is 1. The van der Waals surface area contributed by atoms with Crippen molar-refractivity contribution in [1.82, 2.24) is 4.90 Å². The van der Waals surface area contributed by atoms with Crippen molar-refractivity contribution in [2.24, 2.45) is 0 Å². The van der Waals surface area contributed by atoms with Crippen molar-refractivity contribution < 1.29 is 46.5 Å². The van der Waals surface area contributed by atoms with Crippen LogP contribution in [0.4, 0.5) is 0 Å². The number of aliphatic hydroxyl groups excluding tert-OH is 2. The number of likely N-dealkylation sites (N-methyl/N-ethyl adjacent to an activating group) is 1. The molecule has 0 aromatic rings. The second kappa shape index (κ2) is 18.2. The molecule has 10 heteroatoms. The SMILES string of the molecule is CN(C)C.COC(=O)CC(O)CCl.C[N+](C)(C)CC(O)CC(=O)[O-].[Cl-]. The maximum atomic E-state index is 10.3. The molecule has 0 aliphatic rings. The van der Waals surface area contributed by atoms with Gasteiger partial charge in [-0.3, -0.25) is 4.79 Å². The Kier molecular flexibility index (Phi) is 23.3. The highest BCUT2D eigenvalue weighted by Gasteiger charge is 2.14. The Morgan fingerprint density at radius 3 is 1.76 bits per heavy atom. The number of quaternary nitrogens is 1. The zero-order chi connectivity index (χ0) is 19.9. The van der Waals surface area contributed by atoms with E-state index in [1.165, 1.54) is 7.11 Å². The van der Waals surface area contributed by atoms with Gasteiger partial charge in [0.25, 0.3) is 0 Å². The molecule has 2 N–H and O–H groups in total. The number of hydrogen-bond acceptors (Lipinski definition) is 7. The third kappa shape index (κ3) is 39.8. The highest BCUT2D eigenvalue weighted by molar-refractivity contribution is 6.18. The Bertz CT molecular complexity index is 336. The summed E-state index contributed by atoms with van der Waals surface area (Å²) in [7, 11) is 12.9. The van der Waals surface area contributed by atoms with Crippen LogP contribution in [0.15, 0.2) is 0 Å². The van der Waals surface area contributed by atoms with Gasteiger partial charge in [0.1, 0.15) is 12.6 Å². The van der Waals surface area contributed by atoms with Gasteiger partial charge in [0.05, 0.1) is 40.8 Å². The quantitative estimate of drug-likeness (QED) is 0.248. The lowest BCUT2D eigenvalue weighted by atomic mass is 10.2. The maximum absolute atomic E-state index is 10.3. The van der Waals surface area contributed by atoms with Gasteiger partial charge in [-0.1, -0.05) is 0 Å². The molecule has 0 aliphatic heterocycles. The first kappa shape index (κ1) is 32.1. The number of methoxy groups -OCH3 is 1. The summed E-state index contributed by atoms with van der Waals surface area (Å²) in [6, 6.07) is 0. The highest BCUT2D eigenvalue weighted by Crippen LogP contribution is 1.97. The Balaban J connectivity index is -0.000000142. The van der Waals surface area contributed by atoms with Crippen molar-refractivity contribution in [3.05, 3.63) is 0 Å². The lowest BCUT2D eigenvalue weighted by Crippen LogP contribution is -3.00. The van der Waals surface area contributed by atoms with Crippen molar-refractivity contribution in [2.45, 2.75) is 25.0 Å². The monoisotopic (exact) mass is 407 g/mol. The molecule has 0 bridgehead atoms. The van der Waals surface area contributed by atoms with E-state index in [2.05, 4.69) is 4.74 Å². The van der Waals surface area contributed by atoms with Crippen LogP contribution >= 0.6 is 11.6 Å². The molecule has 2 unspecified atom stereocenters. The predicted octanol–water partition coefficient (Wildman–Crippen LogP) is -4.48. The van der Waals surface area contributed by atoms with Crippen molar-refractivity contribution in [3.63, 3.8) is 0 Å². The lowest BCUT2D eigenvalue weighted by molar-refractivity contribution is -0.873. The van der Waals surface area contributed by atoms with E-state index in [1.54, 1.807) is 0 Å². The van der Waals surface area contributed by atoms with Crippen LogP contribution in [0.3, 0.4) is 0 Å². The number of aliphatic carboxylic acids is 1. The summed E-state index contributed by atoms with van der Waals surface area (Å²) in [6.45, 7) is 0.425. The molecule has 154 valence electrons. The average molecular weight is 408 g/mol. The minimum atomic E-state index is -1.20. The molecule has 0 aromatic carbocycles. The zero-order valence-corrected chi connectivity index (χ0v) is 17.7. The molecule has 25 heavy (non-hydrogen) atoms. The lowest BCUT2D eigenvalue weighted by Gasteiger charge is -2.26. The number of nitrogens with zero attached hydrogens (tertiary/aromatic N) is 2. The number of esters is 1. The van der Waals surface area contributed by atoms with Gasteiger partial charge in [-0.25, -0.2) is 0 Å². The summed E-state index contributed by atoms with van der Waals surface area (Å²) in [5, 5.41) is 27.9. The van der Waals surface area contributed by atoms with E-state index >= 15 is 0 Å². The van der Waals surface area contributed by atoms with Crippen LogP contribution in [-0.2, 0) is 14.3 Å². The van der Waals surface area contributed by atoms with E-state index in [-0.39, 0.29) is 31.1 Å². The second-order valence-electron chi connectivity index (χ2n) is 6.63. The van der Waals surface area contributed by atoms with Gasteiger partial charge < -0.3 is 46.6 Å². The first-order valence-electron chi connectivity index (χ1n) is 7.35. The smallest absolute Gasteiger partial charge is 0.308 e. The summed E-state index contributed by atoms with van der Waals surface area (Å²) in [5.41, 5.74) is 0. The first-order valence-corrected chi connectivity index (χ1v) is 7.88. The molecular formula is C15H33Cl2N2O6-. The van der Waals surface area contributed by atoms with Crippen molar-refractivity contribution in [2.75, 3.05) is 61.8 Å². The largest absolute Gasteiger partial charge is 1.00 e. The minimum absolute atomic E-state index is 0. The molecule has 0 fully saturated rings. The Labute approximate surface area is 162 Å². The van der Waals surface area contributed by atoms with Gasteiger partial charge in [-0.2, -0.15) is 0 Å². The molecular weight excluding hydrogens is 375 g/mol. The molecule has 0 aromatic heterocycles. The molecule has 0 saturated heterocycles. The van der Waals surface area contributed by atoms with Crippen LogP contribution in [0, 0.1) is 0 Å². The van der Waals surface area contributed by atoms with E-state index < -0.39 is 24.1 Å². The number of rotatable bonds is 7. The van der Waals surface area contributed by atoms with Crippen LogP contribution in [0.5, 0.6) is 0 Å². The molecule has 2 atom stereocenters. The normalized spacial score (nSPS) is 12.4. The van der Waals surface area contributed by atoms with E-state index in [1.807, 2.05) is 47.2 Å². The molecule has 0 heterocycles. The Morgan fingerprint density at radius 1 is 1.12 bits per heavy atom. The molecule has 8 nitrogen and oxygen atoms in total. The molecule has 0 rings (SSSR count). The number of carboxylic acids is 1. The van der Waals surface area contributed by atoms with Crippen LogP contribution in [0.2, 0.25) is 0 Å². The summed E-state index contributed by atoms with van der Waals surface area (Å²) in [5.74, 6) is -1.58. The van der Waals surface area contributed by atoms with Gasteiger partial charge in [0.15, 0.2) is 0 Å². The summed E-state index contributed by atoms with van der Waals surface area (Å²) in [4.78, 5) is 22.4. The Morgan fingerprint density at radius 2 is 1.52 bits per heavy atom. The zero-order valence-electron chi connectivity index (χ0n) is 16.2. The minimum Gasteiger partial charge on any atom is -1.00 e. The summed E-state index contributed by atoms with van der Waals surface area (Å²) >= 11 is 5.20. The van der Waals surface area contributed by atoms with Crippen LogP contribution < -0.4 is 17.5 Å². The third-order valence-corrected chi connectivity index (χ3v) is 2.33. The van der Waals surface area contributed by atoms with Gasteiger partial charge in [0, 0.05) is 18.3 Å². The number of carbonyl (C=O) groups is 2. The average Bonchev–Trinajstić information content (AvgIpc) is 2.35. The predicted molar refractivity (Wildman–Crippen MR) is 91.5 cm³/mol. The molecule has 0 aliphatic carbocycles. The van der Waals surface area contributed by atoms with E-state index in [0.717, 1.165) is 0 Å². The van der Waals surface area contributed by atoms with Gasteiger partial charge in [-0.15, -0.1) is 11.6 Å². The molecule has 0 amide bonds. The number of carboxylic acid groups (broad SMARTS) is 1. The number of ether oxygens (including phenoxy) is 1. The van der Waals surface area contributed by atoms with Crippen molar-refractivity contribution in [1.29, 1.82) is 0 Å². The van der Waals surface area contributed by atoms with Gasteiger partial charge in [-0.05, 0) is 21.1 Å². The Hall–Kier alpha value is -0.640. The number of hydrogen-bond donors (Lipinski definition) is 2. The summed E-state index contributed by atoms with van der Waals surface area (Å²) < 4.78 is 4.82. The van der Waals surface area contributed by atoms with Crippen molar-refractivity contribution >= 4 is 23.5 Å². The fourth-order valence-corrected chi connectivity index (χ4v) is 1.33. The topological polar surface area (TPSA) is 110 Å². The standard InChI is InChI=1S/C7H15NO3.C5H9ClO3.C3H9N.ClH/c1-8(2,3)5-6(9)4-7(10)11;1-9-5(8)2-4(7)3-6;1-4(2)3;/h6,9H,4-5H2,1-3H3;4,7H,2-3H2,1H3;1-3H3;1H/p-1. The second-order valence-corrected chi connectivity index (χ2v) is 6.94. The summed E-state index contributed by atoms with van der Waals surface area (Å²) in [6.07, 6.45) is -1.89. The van der Waals surface area contributed by atoms with Crippen LogP contribution in [0.25, 0.3) is 0 Å². The molecule has 0 radical (unpaired) electrons. The fraction of sp³-hybridized carbons (Fsp3) is 0.867. The molecule has 0 saturated carbocycles. The maximum Gasteiger partial charge on any atom is 0.308 e. The first-order chi connectivity index (χ1) is 10.7. The van der Waals surface area contributed by atoms with Crippen molar-refractivity contribution in [3.8, 4) is 0 Å². The fourth-order valence-electron chi connectivity index (χ4n) is 1.22. The molecule has 0 spiro atoms. The third-order valence-electron chi connectivity index (χ3n) is 1.97. The van der Waals surface area contributed by atoms with E-state index in [0.29, 0.717) is 11.0 Å². The van der Waals surface area contributed by atoms with E-state index in [9.17, 15) is 14.7 Å². The highest BCUT2D eigenvalue weighted by atomic mass is 35.5. The number of carbonyl (C=O) groups excluding carboxylic acids is 2. The van der Waals surface area contributed by atoms with Gasteiger partial charge in [0.2, 0.25) is 0 Å². The number of halogens is 2. The van der Waals surface area contributed by atoms with Crippen LogP contribution in [0.1, 0.15) is 12.8 Å². The van der Waals surface area contributed by atoms with Gasteiger partial charge >= 0.3 is 5.97 Å². The van der Waals surface area contributed by atoms with Crippen LogP contribution in [-0.4, -0.2) is 106 Å².